The summed E-state index contributed by atoms with van der Waals surface area (Å²) in [5.74, 6) is 0.0101. The molecule has 2 rings (SSSR count). The molecule has 1 aliphatic rings. The minimum atomic E-state index is -1.62. The van der Waals surface area contributed by atoms with Crippen LogP contribution >= 0.6 is 0 Å². The molecule has 0 saturated carbocycles. The van der Waals surface area contributed by atoms with E-state index >= 15 is 0 Å². The van der Waals surface area contributed by atoms with Gasteiger partial charge in [-0.1, -0.05) is 6.07 Å². The first-order chi connectivity index (χ1) is 11.4. The van der Waals surface area contributed by atoms with Gasteiger partial charge in [0, 0.05) is 0 Å². The third-order valence-electron chi connectivity index (χ3n) is 3.74. The summed E-state index contributed by atoms with van der Waals surface area (Å²) in [6.07, 6.45) is -8.57. The Hall–Kier alpha value is -1.93. The van der Waals surface area contributed by atoms with Crippen molar-refractivity contribution in [3.05, 3.63) is 23.8 Å². The standard InChI is InChI=1S/C15H19NO8/c1-22-9-3-2-7(4-8(9)18)10(5-16)23-15-14(21)13(20)12(19)11(6-17)24-15/h2-4,10-15,17-21H,6H2,1H3/t10-,11+,12+,13-,14+,15+/m0/s1. The summed E-state index contributed by atoms with van der Waals surface area (Å²) in [6.45, 7) is -0.606. The Morgan fingerprint density at radius 1 is 1.25 bits per heavy atom. The predicted octanol–water partition coefficient (Wildman–Crippen LogP) is -1.22. The summed E-state index contributed by atoms with van der Waals surface area (Å²) in [7, 11) is 1.38. The predicted molar refractivity (Wildman–Crippen MR) is 77.9 cm³/mol. The van der Waals surface area contributed by atoms with Crippen LogP contribution in [0.2, 0.25) is 0 Å². The lowest BCUT2D eigenvalue weighted by Gasteiger charge is -2.40. The molecule has 0 aliphatic carbocycles. The highest BCUT2D eigenvalue weighted by Gasteiger charge is 2.45. The number of nitrogens with zero attached hydrogens (tertiary/aromatic N) is 1. The third kappa shape index (κ3) is 3.59. The van der Waals surface area contributed by atoms with Crippen molar-refractivity contribution in [3.63, 3.8) is 0 Å². The van der Waals surface area contributed by atoms with Gasteiger partial charge in [-0.2, -0.15) is 5.26 Å². The molecule has 0 amide bonds. The second-order valence-corrected chi connectivity index (χ2v) is 5.27. The molecule has 1 saturated heterocycles. The van der Waals surface area contributed by atoms with Gasteiger partial charge in [0.05, 0.1) is 19.8 Å². The summed E-state index contributed by atoms with van der Waals surface area (Å²) in [5, 5.41) is 57.6. The summed E-state index contributed by atoms with van der Waals surface area (Å²) in [5.41, 5.74) is 0.271. The van der Waals surface area contributed by atoms with E-state index in [0.717, 1.165) is 0 Å². The number of hydrogen-bond donors (Lipinski definition) is 5. The van der Waals surface area contributed by atoms with Gasteiger partial charge in [0.1, 0.15) is 24.4 Å². The van der Waals surface area contributed by atoms with Crippen LogP contribution in [0.25, 0.3) is 0 Å². The first-order valence-electron chi connectivity index (χ1n) is 7.15. The molecule has 0 bridgehead atoms. The van der Waals surface area contributed by atoms with Gasteiger partial charge in [-0.3, -0.25) is 0 Å². The molecular weight excluding hydrogens is 322 g/mol. The average molecular weight is 341 g/mol. The van der Waals surface area contributed by atoms with Crippen molar-refractivity contribution >= 4 is 0 Å². The second kappa shape index (κ2) is 7.76. The molecule has 0 spiro atoms. The van der Waals surface area contributed by atoms with Crippen molar-refractivity contribution in [2.24, 2.45) is 0 Å². The molecule has 1 aromatic rings. The van der Waals surface area contributed by atoms with Gasteiger partial charge < -0.3 is 39.7 Å². The molecule has 5 N–H and O–H groups in total. The van der Waals surface area contributed by atoms with Crippen LogP contribution < -0.4 is 4.74 Å². The zero-order valence-electron chi connectivity index (χ0n) is 12.8. The van der Waals surface area contributed by atoms with Gasteiger partial charge in [-0.05, 0) is 17.7 Å². The number of phenols is 1. The van der Waals surface area contributed by atoms with Crippen LogP contribution in [0.4, 0.5) is 0 Å². The molecule has 132 valence electrons. The molecule has 9 nitrogen and oxygen atoms in total. The molecule has 0 radical (unpaired) electrons. The van der Waals surface area contributed by atoms with Crippen LogP contribution in [0.1, 0.15) is 11.7 Å². The Morgan fingerprint density at radius 2 is 1.96 bits per heavy atom. The van der Waals surface area contributed by atoms with Gasteiger partial charge in [-0.25, -0.2) is 0 Å². The van der Waals surface area contributed by atoms with Gasteiger partial charge in [0.15, 0.2) is 23.9 Å². The lowest BCUT2D eigenvalue weighted by atomic mass is 9.99. The highest BCUT2D eigenvalue weighted by atomic mass is 16.7. The fraction of sp³-hybridized carbons (Fsp3) is 0.533. The number of ether oxygens (including phenoxy) is 3. The van der Waals surface area contributed by atoms with Crippen LogP contribution in [-0.4, -0.2) is 70.0 Å². The summed E-state index contributed by atoms with van der Waals surface area (Å²) < 4.78 is 15.4. The minimum absolute atomic E-state index is 0.201. The smallest absolute Gasteiger partial charge is 0.188 e. The monoisotopic (exact) mass is 341 g/mol. The highest BCUT2D eigenvalue weighted by Crippen LogP contribution is 2.32. The van der Waals surface area contributed by atoms with E-state index in [1.165, 1.54) is 25.3 Å². The van der Waals surface area contributed by atoms with E-state index in [0.29, 0.717) is 0 Å². The Bertz CT molecular complexity index is 602. The SMILES string of the molecule is COc1ccc([C@H](C#N)O[C@@H]2O[C@H](CO)[C@@H](O)[C@H](O)[C@H]2O)cc1O. The Balaban J connectivity index is 2.17. The Morgan fingerprint density at radius 3 is 2.50 bits per heavy atom. The second-order valence-electron chi connectivity index (χ2n) is 5.27. The molecule has 9 heteroatoms. The zero-order chi connectivity index (χ0) is 17.9. The van der Waals surface area contributed by atoms with Crippen molar-refractivity contribution < 1.29 is 39.7 Å². The normalized spacial score (nSPS) is 31.2. The topological polar surface area (TPSA) is 153 Å². The Labute approximate surface area is 137 Å². The van der Waals surface area contributed by atoms with E-state index in [2.05, 4.69) is 0 Å². The minimum Gasteiger partial charge on any atom is -0.504 e. The van der Waals surface area contributed by atoms with Crippen LogP contribution in [0.3, 0.4) is 0 Å². The van der Waals surface area contributed by atoms with Gasteiger partial charge in [0.25, 0.3) is 0 Å². The highest BCUT2D eigenvalue weighted by molar-refractivity contribution is 5.43. The molecule has 1 heterocycles. The van der Waals surface area contributed by atoms with Crippen LogP contribution in [-0.2, 0) is 9.47 Å². The summed E-state index contributed by atoms with van der Waals surface area (Å²) >= 11 is 0. The first-order valence-corrected chi connectivity index (χ1v) is 7.15. The molecule has 1 fully saturated rings. The van der Waals surface area contributed by atoms with Crippen molar-refractivity contribution in [2.45, 2.75) is 36.8 Å². The quantitative estimate of drug-likeness (QED) is 0.443. The maximum Gasteiger partial charge on any atom is 0.188 e. The third-order valence-corrected chi connectivity index (χ3v) is 3.74. The lowest BCUT2D eigenvalue weighted by molar-refractivity contribution is -0.307. The van der Waals surface area contributed by atoms with E-state index in [4.69, 9.17) is 19.3 Å². The van der Waals surface area contributed by atoms with E-state index < -0.39 is 43.4 Å². The lowest BCUT2D eigenvalue weighted by Crippen LogP contribution is -2.59. The average Bonchev–Trinajstić information content (AvgIpc) is 2.59. The molecule has 6 atom stereocenters. The number of aliphatic hydroxyl groups is 4. The van der Waals surface area contributed by atoms with Crippen molar-refractivity contribution in [2.75, 3.05) is 13.7 Å². The van der Waals surface area contributed by atoms with Gasteiger partial charge >= 0.3 is 0 Å². The van der Waals surface area contributed by atoms with Crippen molar-refractivity contribution in [1.82, 2.24) is 0 Å². The fourth-order valence-corrected chi connectivity index (χ4v) is 2.37. The number of benzene rings is 1. The molecular formula is C15H19NO8. The van der Waals surface area contributed by atoms with E-state index in [-0.39, 0.29) is 17.1 Å². The number of rotatable bonds is 5. The summed E-state index contributed by atoms with van der Waals surface area (Å²) in [6, 6.07) is 6.02. The molecule has 0 unspecified atom stereocenters. The molecule has 1 aliphatic heterocycles. The molecule has 1 aromatic carbocycles. The number of aliphatic hydroxyl groups excluding tert-OH is 4. The number of nitriles is 1. The van der Waals surface area contributed by atoms with Crippen LogP contribution in [0, 0.1) is 11.3 Å². The summed E-state index contributed by atoms with van der Waals surface area (Å²) in [4.78, 5) is 0. The Kier molecular flexibility index (Phi) is 5.95. The molecule has 0 aromatic heterocycles. The largest absolute Gasteiger partial charge is 0.504 e. The number of methoxy groups -OCH3 is 1. The van der Waals surface area contributed by atoms with E-state index in [1.807, 2.05) is 6.07 Å². The number of hydrogen-bond acceptors (Lipinski definition) is 9. The van der Waals surface area contributed by atoms with E-state index in [1.54, 1.807) is 0 Å². The van der Waals surface area contributed by atoms with E-state index in [9.17, 15) is 25.7 Å². The maximum atomic E-state index is 9.93. The van der Waals surface area contributed by atoms with Crippen molar-refractivity contribution in [1.29, 1.82) is 5.26 Å². The fourth-order valence-electron chi connectivity index (χ4n) is 2.37. The van der Waals surface area contributed by atoms with Crippen LogP contribution in [0.15, 0.2) is 18.2 Å². The molecule has 24 heavy (non-hydrogen) atoms. The van der Waals surface area contributed by atoms with Gasteiger partial charge in [-0.15, -0.1) is 0 Å². The zero-order valence-corrected chi connectivity index (χ0v) is 12.8. The van der Waals surface area contributed by atoms with Crippen LogP contribution in [0.5, 0.6) is 11.5 Å². The first kappa shape index (κ1) is 18.4. The maximum absolute atomic E-state index is 9.93. The van der Waals surface area contributed by atoms with Crippen molar-refractivity contribution in [3.8, 4) is 17.6 Å². The number of aromatic hydroxyl groups is 1. The number of phenolic OH excluding ortho intramolecular Hbond substituents is 1. The van der Waals surface area contributed by atoms with Gasteiger partial charge in [0.2, 0.25) is 0 Å².